The Morgan fingerprint density at radius 2 is 0.846 bits per heavy atom. The second-order valence-electron chi connectivity index (χ2n) is 13.4. The Kier molecular flexibility index (Phi) is 6.22. The summed E-state index contributed by atoms with van der Waals surface area (Å²) in [6.07, 6.45) is 0. The van der Waals surface area contributed by atoms with E-state index in [1.807, 2.05) is 42.5 Å². The van der Waals surface area contributed by atoms with E-state index in [4.69, 9.17) is 18.8 Å². The maximum Gasteiger partial charge on any atom is 0.160 e. The van der Waals surface area contributed by atoms with Gasteiger partial charge in [-0.05, 0) is 88.3 Å². The van der Waals surface area contributed by atoms with Crippen LogP contribution in [0.5, 0.6) is 0 Å². The predicted molar refractivity (Wildman–Crippen MR) is 213 cm³/mol. The average molecular weight is 665 g/mol. The van der Waals surface area contributed by atoms with Gasteiger partial charge in [0, 0.05) is 43.4 Å². The number of aromatic nitrogens is 2. The fourth-order valence-corrected chi connectivity index (χ4v) is 7.71. The molecular formula is C48H28N2O2. The van der Waals surface area contributed by atoms with Crippen LogP contribution in [-0.4, -0.2) is 9.97 Å². The van der Waals surface area contributed by atoms with Crippen molar-refractivity contribution in [3.8, 4) is 44.9 Å². The molecule has 4 heteroatoms. The van der Waals surface area contributed by atoms with Gasteiger partial charge in [-0.25, -0.2) is 9.97 Å². The van der Waals surface area contributed by atoms with Crippen molar-refractivity contribution in [2.45, 2.75) is 0 Å². The largest absolute Gasteiger partial charge is 0.456 e. The Bertz CT molecular complexity index is 3060. The van der Waals surface area contributed by atoms with Gasteiger partial charge in [-0.1, -0.05) is 109 Å². The van der Waals surface area contributed by atoms with E-state index in [1.165, 1.54) is 0 Å². The average Bonchev–Trinajstić information content (AvgIpc) is 3.78. The fourth-order valence-electron chi connectivity index (χ4n) is 7.71. The summed E-state index contributed by atoms with van der Waals surface area (Å²) in [6, 6.07) is 59.3. The first-order valence-electron chi connectivity index (χ1n) is 17.5. The summed E-state index contributed by atoms with van der Waals surface area (Å²) >= 11 is 0. The Balaban J connectivity index is 1.20. The van der Waals surface area contributed by atoms with E-state index in [-0.39, 0.29) is 0 Å². The maximum atomic E-state index is 6.21. The molecule has 0 atom stereocenters. The summed E-state index contributed by atoms with van der Waals surface area (Å²) in [5.74, 6) is 0.698. The lowest BCUT2D eigenvalue weighted by Crippen LogP contribution is -1.97. The van der Waals surface area contributed by atoms with Gasteiger partial charge in [0.25, 0.3) is 0 Å². The number of fused-ring (bicyclic) bond motifs is 9. The number of nitrogens with zero attached hydrogens (tertiary/aromatic N) is 2. The van der Waals surface area contributed by atoms with Crippen LogP contribution in [0.2, 0.25) is 0 Å². The number of para-hydroxylation sites is 2. The molecule has 0 spiro atoms. The van der Waals surface area contributed by atoms with Crippen molar-refractivity contribution < 1.29 is 8.83 Å². The van der Waals surface area contributed by atoms with Gasteiger partial charge in [-0.2, -0.15) is 0 Å². The normalized spacial score (nSPS) is 11.8. The van der Waals surface area contributed by atoms with Crippen molar-refractivity contribution in [1.82, 2.24) is 9.97 Å². The second-order valence-corrected chi connectivity index (χ2v) is 13.4. The van der Waals surface area contributed by atoms with Crippen LogP contribution in [0.25, 0.3) is 110 Å². The molecule has 0 bridgehead atoms. The minimum atomic E-state index is 0.698. The van der Waals surface area contributed by atoms with Crippen molar-refractivity contribution in [3.63, 3.8) is 0 Å². The minimum absolute atomic E-state index is 0.698. The monoisotopic (exact) mass is 664 g/mol. The molecule has 52 heavy (non-hydrogen) atoms. The number of hydrogen-bond donors (Lipinski definition) is 0. The zero-order valence-electron chi connectivity index (χ0n) is 27.9. The van der Waals surface area contributed by atoms with E-state index in [1.54, 1.807) is 0 Å². The molecule has 0 aliphatic rings. The molecule has 4 nitrogen and oxygen atoms in total. The Hall–Kier alpha value is -7.04. The SMILES string of the molecule is c1ccc(-c2nc(-c3cc(-c4ccc5oc6ccccc6c5c4)cc(-c4ccc5oc6ccccc6c5c4)c3)c3ccc4ccccc4c3n2)cc1. The maximum absolute atomic E-state index is 6.21. The summed E-state index contributed by atoms with van der Waals surface area (Å²) < 4.78 is 12.4. The second kappa shape index (κ2) is 11.2. The van der Waals surface area contributed by atoms with E-state index in [9.17, 15) is 0 Å². The van der Waals surface area contributed by atoms with Crippen LogP contribution in [0.1, 0.15) is 0 Å². The molecule has 0 aliphatic carbocycles. The Labute approximate surface area is 298 Å². The van der Waals surface area contributed by atoms with E-state index in [0.717, 1.165) is 105 Å². The van der Waals surface area contributed by atoms with E-state index < -0.39 is 0 Å². The first kappa shape index (κ1) is 28.8. The molecule has 0 aliphatic heterocycles. The number of furan rings is 2. The summed E-state index contributed by atoms with van der Waals surface area (Å²) in [5, 5.41) is 7.66. The highest BCUT2D eigenvalue weighted by atomic mass is 16.3. The minimum Gasteiger partial charge on any atom is -0.456 e. The van der Waals surface area contributed by atoms with Crippen LogP contribution >= 0.6 is 0 Å². The molecule has 0 unspecified atom stereocenters. The zero-order valence-corrected chi connectivity index (χ0v) is 27.9. The molecule has 242 valence electrons. The molecule has 0 saturated heterocycles. The van der Waals surface area contributed by atoms with Crippen LogP contribution in [0, 0.1) is 0 Å². The molecule has 0 saturated carbocycles. The van der Waals surface area contributed by atoms with Gasteiger partial charge >= 0.3 is 0 Å². The highest BCUT2D eigenvalue weighted by Crippen LogP contribution is 2.40. The number of rotatable bonds is 4. The standard InChI is InChI=1S/C48H28N2O2/c1-2-11-30(12-3-1)48-49-46(39-21-18-29-10-4-5-13-36(29)47(39)50-48)35-25-33(31-19-22-44-40(27-31)37-14-6-8-16-42(37)51-44)24-34(26-35)32-20-23-45-41(28-32)38-15-7-9-17-43(38)52-45/h1-28H. The summed E-state index contributed by atoms with van der Waals surface area (Å²) in [6.45, 7) is 0. The predicted octanol–water partition coefficient (Wildman–Crippen LogP) is 13.2. The van der Waals surface area contributed by atoms with Crippen molar-refractivity contribution in [3.05, 3.63) is 170 Å². The topological polar surface area (TPSA) is 52.1 Å². The lowest BCUT2D eigenvalue weighted by molar-refractivity contribution is 0.668. The van der Waals surface area contributed by atoms with Gasteiger partial charge in [-0.15, -0.1) is 0 Å². The van der Waals surface area contributed by atoms with Gasteiger partial charge in [0.15, 0.2) is 5.82 Å². The zero-order chi connectivity index (χ0) is 34.2. The van der Waals surface area contributed by atoms with Crippen LogP contribution < -0.4 is 0 Å². The molecule has 3 heterocycles. The number of hydrogen-bond acceptors (Lipinski definition) is 4. The molecule has 8 aromatic carbocycles. The molecule has 0 amide bonds. The van der Waals surface area contributed by atoms with Gasteiger partial charge in [0.1, 0.15) is 22.3 Å². The lowest BCUT2D eigenvalue weighted by Gasteiger charge is -2.15. The molecule has 11 rings (SSSR count). The molecule has 3 aromatic heterocycles. The third-order valence-corrected chi connectivity index (χ3v) is 10.2. The molecular weight excluding hydrogens is 637 g/mol. The van der Waals surface area contributed by atoms with Crippen LogP contribution in [-0.2, 0) is 0 Å². The van der Waals surface area contributed by atoms with Crippen LogP contribution in [0.4, 0.5) is 0 Å². The van der Waals surface area contributed by atoms with Crippen LogP contribution in [0.3, 0.4) is 0 Å². The first-order valence-corrected chi connectivity index (χ1v) is 17.5. The quantitative estimate of drug-likeness (QED) is 0.176. The van der Waals surface area contributed by atoms with E-state index in [2.05, 4.69) is 127 Å². The smallest absolute Gasteiger partial charge is 0.160 e. The van der Waals surface area contributed by atoms with Crippen molar-refractivity contribution in [2.24, 2.45) is 0 Å². The van der Waals surface area contributed by atoms with Crippen molar-refractivity contribution in [2.75, 3.05) is 0 Å². The first-order chi connectivity index (χ1) is 25.7. The van der Waals surface area contributed by atoms with Crippen LogP contribution in [0.15, 0.2) is 179 Å². The molecule has 0 N–H and O–H groups in total. The Morgan fingerprint density at radius 3 is 1.50 bits per heavy atom. The van der Waals surface area contributed by atoms with Crippen molar-refractivity contribution in [1.29, 1.82) is 0 Å². The molecule has 11 aromatic rings. The highest BCUT2D eigenvalue weighted by Gasteiger charge is 2.18. The van der Waals surface area contributed by atoms with E-state index >= 15 is 0 Å². The van der Waals surface area contributed by atoms with Gasteiger partial charge in [-0.3, -0.25) is 0 Å². The fraction of sp³-hybridized carbons (Fsp3) is 0. The summed E-state index contributed by atoms with van der Waals surface area (Å²) in [5.41, 5.74) is 11.7. The number of benzene rings is 8. The Morgan fingerprint density at radius 1 is 0.308 bits per heavy atom. The van der Waals surface area contributed by atoms with Crippen molar-refractivity contribution >= 4 is 65.6 Å². The van der Waals surface area contributed by atoms with Gasteiger partial charge in [0.2, 0.25) is 0 Å². The summed E-state index contributed by atoms with van der Waals surface area (Å²) in [4.78, 5) is 10.5. The summed E-state index contributed by atoms with van der Waals surface area (Å²) in [7, 11) is 0. The molecule has 0 fully saturated rings. The molecule has 0 radical (unpaired) electrons. The van der Waals surface area contributed by atoms with Gasteiger partial charge < -0.3 is 8.83 Å². The van der Waals surface area contributed by atoms with E-state index in [0.29, 0.717) is 5.82 Å². The van der Waals surface area contributed by atoms with Gasteiger partial charge in [0.05, 0.1) is 11.2 Å². The highest BCUT2D eigenvalue weighted by molar-refractivity contribution is 6.11. The third kappa shape index (κ3) is 4.55. The third-order valence-electron chi connectivity index (χ3n) is 10.2. The lowest BCUT2D eigenvalue weighted by atomic mass is 9.92.